The van der Waals surface area contributed by atoms with Crippen LogP contribution in [-0.2, 0) is 20.7 Å². The number of carbonyl (C=O) groups excluding carboxylic acids is 2. The Labute approximate surface area is 229 Å². The number of hydrogen-bond acceptors (Lipinski definition) is 6. The van der Waals surface area contributed by atoms with Crippen LogP contribution in [0.5, 0.6) is 0 Å². The molecule has 1 aromatic carbocycles. The first-order valence-electron chi connectivity index (χ1n) is 14.0. The number of aliphatic hydroxyl groups excluding tert-OH is 1. The molecule has 8 atom stereocenters. The van der Waals surface area contributed by atoms with Crippen molar-refractivity contribution in [2.24, 2.45) is 34.5 Å². The first-order valence-corrected chi connectivity index (χ1v) is 14.0. The monoisotopic (exact) mass is 530 g/mol. The Morgan fingerprint density at radius 1 is 1.21 bits per heavy atom. The number of ether oxygens (including phenoxy) is 1. The van der Waals surface area contributed by atoms with E-state index in [0.29, 0.717) is 12.8 Å². The topological polar surface area (TPSA) is 102 Å². The van der Waals surface area contributed by atoms with Gasteiger partial charge in [-0.3, -0.25) is 9.59 Å². The minimum absolute atomic E-state index is 0.00428. The standard InChI is InChI=1S/C32H38N2O5/c1-18-11-23-25-12-19(2)32(38,28(37)17-39-20(3)35)31(25,5)15-27(36)29(23)30(4)14-21-16-34(22-9-7-6-8-10-22)33-26(21)13-24(18)30/h6-11,13,16,19,23,25,27,29,36,38H,12,14-15,17H2,1-5H3/t19-,23+,25-,27+,29+,30+,31+,32-/m1/s1. The molecule has 7 nitrogen and oxygen atoms in total. The Bertz CT molecular complexity index is 1410. The van der Waals surface area contributed by atoms with Gasteiger partial charge in [-0.2, -0.15) is 5.10 Å². The lowest BCUT2D eigenvalue weighted by Crippen LogP contribution is -2.62. The van der Waals surface area contributed by atoms with Crippen LogP contribution in [-0.4, -0.2) is 50.1 Å². The van der Waals surface area contributed by atoms with Gasteiger partial charge < -0.3 is 14.9 Å². The summed E-state index contributed by atoms with van der Waals surface area (Å²) >= 11 is 0. The molecule has 0 radical (unpaired) electrons. The van der Waals surface area contributed by atoms with E-state index in [1.807, 2.05) is 48.9 Å². The Morgan fingerprint density at radius 3 is 2.62 bits per heavy atom. The Morgan fingerprint density at radius 2 is 1.92 bits per heavy atom. The van der Waals surface area contributed by atoms with Crippen LogP contribution in [0, 0.1) is 34.5 Å². The summed E-state index contributed by atoms with van der Waals surface area (Å²) in [5, 5.41) is 28.8. The number of benzene rings is 1. The van der Waals surface area contributed by atoms with Crippen LogP contribution in [0.25, 0.3) is 11.8 Å². The molecule has 206 valence electrons. The second kappa shape index (κ2) is 8.73. The van der Waals surface area contributed by atoms with E-state index in [4.69, 9.17) is 9.84 Å². The fourth-order valence-electron chi connectivity index (χ4n) is 8.98. The SMILES string of the molecule is CC(=O)OCC(=O)[C@]1(O)[C@H](C)C[C@@H]2[C@@H]3C=C(C)C4=Cc5nn(-c6ccccc6)cc5C[C@]4(C)[C@@H]3[C@@H](O)C[C@@]21C. The molecule has 1 heterocycles. The molecule has 7 heteroatoms. The van der Waals surface area contributed by atoms with Crippen LogP contribution in [0.1, 0.15) is 58.7 Å². The number of carbonyl (C=O) groups is 2. The maximum atomic E-state index is 13.4. The van der Waals surface area contributed by atoms with Crippen molar-refractivity contribution < 1.29 is 24.5 Å². The summed E-state index contributed by atoms with van der Waals surface area (Å²) < 4.78 is 6.95. The van der Waals surface area contributed by atoms with Crippen LogP contribution >= 0.6 is 0 Å². The summed E-state index contributed by atoms with van der Waals surface area (Å²) in [7, 11) is 0. The molecule has 4 aliphatic rings. The van der Waals surface area contributed by atoms with E-state index >= 15 is 0 Å². The summed E-state index contributed by atoms with van der Waals surface area (Å²) in [6, 6.07) is 10.1. The van der Waals surface area contributed by atoms with Gasteiger partial charge in [0.2, 0.25) is 5.78 Å². The average molecular weight is 531 g/mol. The zero-order chi connectivity index (χ0) is 27.9. The predicted molar refractivity (Wildman–Crippen MR) is 147 cm³/mol. The molecule has 0 saturated heterocycles. The predicted octanol–water partition coefficient (Wildman–Crippen LogP) is 4.30. The molecular weight excluding hydrogens is 492 g/mol. The molecule has 0 bridgehead atoms. The number of fused-ring (bicyclic) bond motifs is 6. The van der Waals surface area contributed by atoms with Gasteiger partial charge >= 0.3 is 5.97 Å². The zero-order valence-corrected chi connectivity index (χ0v) is 23.3. The van der Waals surface area contributed by atoms with E-state index in [1.165, 1.54) is 18.1 Å². The molecule has 0 amide bonds. The number of allylic oxidation sites excluding steroid dienone is 3. The van der Waals surface area contributed by atoms with Crippen molar-refractivity contribution in [3.8, 4) is 5.69 Å². The van der Waals surface area contributed by atoms with Gasteiger partial charge in [-0.1, -0.05) is 50.6 Å². The molecule has 4 aliphatic carbocycles. The quantitative estimate of drug-likeness (QED) is 0.572. The Hall–Kier alpha value is -3.03. The number of nitrogens with zero attached hydrogens (tertiary/aromatic N) is 2. The zero-order valence-electron chi connectivity index (χ0n) is 23.3. The maximum Gasteiger partial charge on any atom is 0.303 e. The van der Waals surface area contributed by atoms with Gasteiger partial charge in [-0.05, 0) is 73.3 Å². The molecule has 0 unspecified atom stereocenters. The van der Waals surface area contributed by atoms with Crippen LogP contribution in [0.4, 0.5) is 0 Å². The number of aromatic nitrogens is 2. The summed E-state index contributed by atoms with van der Waals surface area (Å²) in [5.74, 6) is -1.38. The van der Waals surface area contributed by atoms with E-state index in [1.54, 1.807) is 0 Å². The van der Waals surface area contributed by atoms with Crippen LogP contribution < -0.4 is 0 Å². The molecule has 2 saturated carbocycles. The second-order valence-corrected chi connectivity index (χ2v) is 12.8. The third-order valence-electron chi connectivity index (χ3n) is 10.7. The normalized spacial score (nSPS) is 38.5. The molecule has 2 aromatic rings. The largest absolute Gasteiger partial charge is 0.458 e. The van der Waals surface area contributed by atoms with Crippen molar-refractivity contribution >= 4 is 17.8 Å². The van der Waals surface area contributed by atoms with E-state index in [-0.39, 0.29) is 29.1 Å². The Kier molecular flexibility index (Phi) is 5.87. The van der Waals surface area contributed by atoms with E-state index in [2.05, 4.69) is 32.2 Å². The van der Waals surface area contributed by atoms with Gasteiger partial charge in [-0.25, -0.2) is 4.68 Å². The molecule has 6 rings (SSSR count). The number of esters is 1. The van der Waals surface area contributed by atoms with Crippen molar-refractivity contribution in [1.82, 2.24) is 9.78 Å². The lowest BCUT2D eigenvalue weighted by molar-refractivity contribution is -0.182. The molecule has 1 aromatic heterocycles. The number of para-hydroxylation sites is 1. The molecule has 0 aliphatic heterocycles. The van der Waals surface area contributed by atoms with Crippen molar-refractivity contribution in [1.29, 1.82) is 0 Å². The van der Waals surface area contributed by atoms with Crippen molar-refractivity contribution in [2.45, 2.75) is 65.6 Å². The first-order chi connectivity index (χ1) is 18.4. The van der Waals surface area contributed by atoms with Gasteiger partial charge in [0.1, 0.15) is 5.60 Å². The highest BCUT2D eigenvalue weighted by Crippen LogP contribution is 2.68. The van der Waals surface area contributed by atoms with Gasteiger partial charge in [0, 0.05) is 29.9 Å². The fourth-order valence-corrected chi connectivity index (χ4v) is 8.98. The smallest absolute Gasteiger partial charge is 0.303 e. The highest BCUT2D eigenvalue weighted by molar-refractivity contribution is 5.91. The van der Waals surface area contributed by atoms with E-state index in [9.17, 15) is 19.8 Å². The number of hydrogen-bond donors (Lipinski definition) is 2. The summed E-state index contributed by atoms with van der Waals surface area (Å²) in [6.07, 6.45) is 7.61. The third kappa shape index (κ3) is 3.59. The van der Waals surface area contributed by atoms with E-state index < -0.39 is 35.5 Å². The maximum absolute atomic E-state index is 13.4. The first kappa shape index (κ1) is 26.2. The molecular formula is C32H38N2O5. The lowest BCUT2D eigenvalue weighted by Gasteiger charge is -2.59. The number of aliphatic hydroxyl groups is 2. The second-order valence-electron chi connectivity index (χ2n) is 12.8. The van der Waals surface area contributed by atoms with Crippen molar-refractivity contribution in [3.63, 3.8) is 0 Å². The molecule has 2 N–H and O–H groups in total. The van der Waals surface area contributed by atoms with Gasteiger partial charge in [0.15, 0.2) is 6.61 Å². The minimum Gasteiger partial charge on any atom is -0.458 e. The molecule has 2 fully saturated rings. The average Bonchev–Trinajstić information content (AvgIpc) is 3.38. The summed E-state index contributed by atoms with van der Waals surface area (Å²) in [6.45, 7) is 9.07. The Balaban J connectivity index is 1.38. The minimum atomic E-state index is -1.67. The van der Waals surface area contributed by atoms with Crippen LogP contribution in [0.3, 0.4) is 0 Å². The van der Waals surface area contributed by atoms with Crippen molar-refractivity contribution in [3.05, 3.63) is 65.0 Å². The van der Waals surface area contributed by atoms with Crippen LogP contribution in [0.15, 0.2) is 53.8 Å². The molecule has 39 heavy (non-hydrogen) atoms. The third-order valence-corrected chi connectivity index (χ3v) is 10.7. The van der Waals surface area contributed by atoms with E-state index in [0.717, 1.165) is 23.4 Å². The molecule has 0 spiro atoms. The summed E-state index contributed by atoms with van der Waals surface area (Å²) in [5.41, 5.74) is 2.70. The number of ketones is 1. The lowest BCUT2D eigenvalue weighted by atomic mass is 9.46. The van der Waals surface area contributed by atoms with Gasteiger partial charge in [-0.15, -0.1) is 0 Å². The van der Waals surface area contributed by atoms with Gasteiger partial charge in [0.25, 0.3) is 0 Å². The van der Waals surface area contributed by atoms with Crippen molar-refractivity contribution in [2.75, 3.05) is 6.61 Å². The fraction of sp³-hybridized carbons (Fsp3) is 0.531. The van der Waals surface area contributed by atoms with Gasteiger partial charge in [0.05, 0.1) is 17.5 Å². The number of Topliss-reactive ketones (excluding diaryl/α,β-unsaturated/α-hetero) is 1. The number of rotatable bonds is 4. The van der Waals surface area contributed by atoms with Crippen LogP contribution in [0.2, 0.25) is 0 Å². The highest BCUT2D eigenvalue weighted by atomic mass is 16.5. The summed E-state index contributed by atoms with van der Waals surface area (Å²) in [4.78, 5) is 24.8. The highest BCUT2D eigenvalue weighted by Gasteiger charge is 2.70.